The van der Waals surface area contributed by atoms with Crippen molar-refractivity contribution in [2.45, 2.75) is 26.9 Å². The van der Waals surface area contributed by atoms with Crippen LogP contribution in [0.4, 0.5) is 16.2 Å². The lowest BCUT2D eigenvalue weighted by Crippen LogP contribution is -2.54. The van der Waals surface area contributed by atoms with Crippen molar-refractivity contribution in [3.05, 3.63) is 92.0 Å². The van der Waals surface area contributed by atoms with E-state index in [4.69, 9.17) is 14.2 Å². The second-order valence-corrected chi connectivity index (χ2v) is 9.63. The van der Waals surface area contributed by atoms with E-state index >= 15 is 0 Å². The summed E-state index contributed by atoms with van der Waals surface area (Å²) in [6.07, 6.45) is 2.19. The van der Waals surface area contributed by atoms with E-state index in [0.29, 0.717) is 46.1 Å². The molecule has 1 aliphatic rings. The van der Waals surface area contributed by atoms with E-state index < -0.39 is 22.8 Å². The monoisotopic (exact) mass is 623 g/mol. The number of hydrogen-bond donors (Lipinski definition) is 1. The van der Waals surface area contributed by atoms with E-state index in [1.165, 1.54) is 18.2 Å². The maximum Gasteiger partial charge on any atom is 0.335 e. The molecule has 1 aliphatic heterocycles. The van der Waals surface area contributed by atoms with Gasteiger partial charge in [-0.1, -0.05) is 19.1 Å². The average molecular weight is 624 g/mol. The van der Waals surface area contributed by atoms with Gasteiger partial charge in [0.1, 0.15) is 17.9 Å². The van der Waals surface area contributed by atoms with Gasteiger partial charge in [-0.15, -0.1) is 0 Å². The lowest BCUT2D eigenvalue weighted by Gasteiger charge is -2.26. The first-order valence-corrected chi connectivity index (χ1v) is 13.5. The first kappa shape index (κ1) is 29.3. The number of non-ortho nitro benzene ring substituents is 1. The number of hydrogen-bond acceptors (Lipinski definition) is 8. The molecule has 0 spiro atoms. The maximum absolute atomic E-state index is 13.3. The standard InChI is InChI=1S/C29H26BrN3O8/c1-3-12-40-22-10-8-20(9-11-22)32-28(35)23(27(34)31-29(32)36)14-19-15-24(30)26(25(16-19)39-4-2)41-17-18-6-5-7-21(13-18)33(37)38/h5-11,13-16H,3-4,12,17H2,1-2H3,(H,31,34,36)/b23-14-. The number of benzene rings is 3. The fraction of sp³-hybridized carbons (Fsp3) is 0.207. The minimum atomic E-state index is -0.861. The van der Waals surface area contributed by atoms with Crippen molar-refractivity contribution >= 4 is 51.2 Å². The Labute approximate surface area is 244 Å². The Morgan fingerprint density at radius 3 is 2.44 bits per heavy atom. The number of amides is 4. The molecule has 1 saturated heterocycles. The Morgan fingerprint density at radius 1 is 1.00 bits per heavy atom. The number of imide groups is 2. The molecule has 0 saturated carbocycles. The van der Waals surface area contributed by atoms with Crippen LogP contribution in [0.15, 0.2) is 70.7 Å². The number of ether oxygens (including phenoxy) is 3. The maximum atomic E-state index is 13.3. The zero-order valence-electron chi connectivity index (χ0n) is 22.2. The number of nitro groups is 1. The number of nitro benzene ring substituents is 1. The summed E-state index contributed by atoms with van der Waals surface area (Å²) in [7, 11) is 0. The first-order chi connectivity index (χ1) is 19.7. The van der Waals surface area contributed by atoms with Gasteiger partial charge in [-0.3, -0.25) is 25.0 Å². The Kier molecular flexibility index (Phi) is 9.35. The van der Waals surface area contributed by atoms with Gasteiger partial charge in [-0.2, -0.15) is 0 Å². The highest BCUT2D eigenvalue weighted by molar-refractivity contribution is 9.10. The summed E-state index contributed by atoms with van der Waals surface area (Å²) in [5.74, 6) is -0.380. The van der Waals surface area contributed by atoms with Gasteiger partial charge >= 0.3 is 6.03 Å². The highest BCUT2D eigenvalue weighted by Crippen LogP contribution is 2.38. The van der Waals surface area contributed by atoms with Crippen molar-refractivity contribution < 1.29 is 33.5 Å². The summed E-state index contributed by atoms with van der Waals surface area (Å²) in [5, 5.41) is 13.3. The second-order valence-electron chi connectivity index (χ2n) is 8.78. The third-order valence-corrected chi connectivity index (χ3v) is 6.41. The predicted molar refractivity (Wildman–Crippen MR) is 154 cm³/mol. The van der Waals surface area contributed by atoms with Gasteiger partial charge in [0.2, 0.25) is 0 Å². The number of nitrogens with one attached hydrogen (secondary N) is 1. The van der Waals surface area contributed by atoms with Crippen LogP contribution in [0, 0.1) is 10.1 Å². The third kappa shape index (κ3) is 6.90. The molecule has 3 aromatic rings. The number of urea groups is 1. The number of rotatable bonds is 11. The summed E-state index contributed by atoms with van der Waals surface area (Å²) in [4.78, 5) is 50.1. The van der Waals surface area contributed by atoms with Gasteiger partial charge in [0, 0.05) is 12.1 Å². The molecule has 0 bridgehead atoms. The molecule has 1 heterocycles. The molecule has 4 amide bonds. The molecule has 0 atom stereocenters. The number of barbiturate groups is 1. The van der Waals surface area contributed by atoms with Crippen LogP contribution in [-0.4, -0.2) is 36.0 Å². The molecule has 1 N–H and O–H groups in total. The smallest absolute Gasteiger partial charge is 0.335 e. The number of carbonyl (C=O) groups is 3. The SMILES string of the molecule is CCCOc1ccc(N2C(=O)NC(=O)/C(=C/c3cc(Br)c(OCc4cccc([N+](=O)[O-])c4)c(OCC)c3)C2=O)cc1. The van der Waals surface area contributed by atoms with Gasteiger partial charge in [-0.05, 0) is 82.9 Å². The molecule has 41 heavy (non-hydrogen) atoms. The summed E-state index contributed by atoms with van der Waals surface area (Å²) in [5.41, 5.74) is 0.977. The molecule has 212 valence electrons. The highest BCUT2D eigenvalue weighted by Gasteiger charge is 2.37. The molecular formula is C29H26BrN3O8. The normalized spacial score (nSPS) is 14.2. The van der Waals surface area contributed by atoms with Crippen LogP contribution in [0.1, 0.15) is 31.4 Å². The topological polar surface area (TPSA) is 137 Å². The molecular weight excluding hydrogens is 598 g/mol. The second kappa shape index (κ2) is 13.1. The van der Waals surface area contributed by atoms with E-state index in [9.17, 15) is 24.5 Å². The number of halogens is 1. The lowest BCUT2D eigenvalue weighted by molar-refractivity contribution is -0.384. The third-order valence-electron chi connectivity index (χ3n) is 5.82. The van der Waals surface area contributed by atoms with Crippen LogP contribution in [0.2, 0.25) is 0 Å². The van der Waals surface area contributed by atoms with Crippen molar-refractivity contribution in [1.29, 1.82) is 0 Å². The summed E-state index contributed by atoms with van der Waals surface area (Å²) in [6, 6.07) is 14.8. The Balaban J connectivity index is 1.61. The molecule has 4 rings (SSSR count). The first-order valence-electron chi connectivity index (χ1n) is 12.7. The van der Waals surface area contributed by atoms with E-state index in [0.717, 1.165) is 11.3 Å². The molecule has 0 aromatic heterocycles. The largest absolute Gasteiger partial charge is 0.494 e. The van der Waals surface area contributed by atoms with E-state index in [2.05, 4.69) is 21.2 Å². The van der Waals surface area contributed by atoms with Crippen LogP contribution < -0.4 is 24.4 Å². The summed E-state index contributed by atoms with van der Waals surface area (Å²) >= 11 is 3.45. The Bertz CT molecular complexity index is 1520. The molecule has 3 aromatic carbocycles. The van der Waals surface area contributed by atoms with Crippen molar-refractivity contribution in [2.75, 3.05) is 18.1 Å². The fourth-order valence-corrected chi connectivity index (χ4v) is 4.53. The zero-order valence-corrected chi connectivity index (χ0v) is 23.8. The Morgan fingerprint density at radius 2 is 1.76 bits per heavy atom. The number of carbonyl (C=O) groups excluding carboxylic acids is 3. The van der Waals surface area contributed by atoms with Gasteiger partial charge in [0.25, 0.3) is 17.5 Å². The highest BCUT2D eigenvalue weighted by atomic mass is 79.9. The predicted octanol–water partition coefficient (Wildman–Crippen LogP) is 5.79. The average Bonchev–Trinajstić information content (AvgIpc) is 2.94. The van der Waals surface area contributed by atoms with E-state index in [1.807, 2.05) is 6.92 Å². The lowest BCUT2D eigenvalue weighted by atomic mass is 10.1. The number of anilines is 1. The summed E-state index contributed by atoms with van der Waals surface area (Å²) in [6.45, 7) is 4.61. The number of nitrogens with zero attached hydrogens (tertiary/aromatic N) is 2. The van der Waals surface area contributed by atoms with Crippen LogP contribution in [0.25, 0.3) is 6.08 Å². The van der Waals surface area contributed by atoms with Crippen molar-refractivity contribution in [2.24, 2.45) is 0 Å². The van der Waals surface area contributed by atoms with Crippen molar-refractivity contribution in [3.8, 4) is 17.2 Å². The van der Waals surface area contributed by atoms with Crippen LogP contribution in [-0.2, 0) is 16.2 Å². The van der Waals surface area contributed by atoms with Gasteiger partial charge in [0.05, 0.1) is 28.3 Å². The van der Waals surface area contributed by atoms with Crippen LogP contribution >= 0.6 is 15.9 Å². The fourth-order valence-electron chi connectivity index (χ4n) is 3.96. The minimum Gasteiger partial charge on any atom is -0.494 e. The van der Waals surface area contributed by atoms with E-state index in [1.54, 1.807) is 55.5 Å². The molecule has 0 radical (unpaired) electrons. The Hall–Kier alpha value is -4.71. The van der Waals surface area contributed by atoms with Gasteiger partial charge in [0.15, 0.2) is 11.5 Å². The molecule has 11 nitrogen and oxygen atoms in total. The van der Waals surface area contributed by atoms with Crippen LogP contribution in [0.5, 0.6) is 17.2 Å². The van der Waals surface area contributed by atoms with Crippen molar-refractivity contribution in [1.82, 2.24) is 5.32 Å². The minimum absolute atomic E-state index is 0.0288. The zero-order chi connectivity index (χ0) is 29.5. The van der Waals surface area contributed by atoms with Crippen molar-refractivity contribution in [3.63, 3.8) is 0 Å². The van der Waals surface area contributed by atoms with Gasteiger partial charge in [-0.25, -0.2) is 9.69 Å². The van der Waals surface area contributed by atoms with Gasteiger partial charge < -0.3 is 14.2 Å². The molecule has 12 heteroatoms. The van der Waals surface area contributed by atoms with Crippen LogP contribution in [0.3, 0.4) is 0 Å². The summed E-state index contributed by atoms with van der Waals surface area (Å²) < 4.78 is 17.7. The quantitative estimate of drug-likeness (QED) is 0.123. The molecule has 1 fully saturated rings. The van der Waals surface area contributed by atoms with E-state index in [-0.39, 0.29) is 23.6 Å². The molecule has 0 unspecified atom stereocenters. The molecule has 0 aliphatic carbocycles.